The molecule has 0 aliphatic carbocycles. The summed E-state index contributed by atoms with van der Waals surface area (Å²) in [4.78, 5) is 9.91. The molecule has 1 aromatic carbocycles. The smallest absolute Gasteiger partial charge is 0.293 e. The molecule has 0 saturated carbocycles. The van der Waals surface area contributed by atoms with Gasteiger partial charge in [-0.15, -0.1) is 0 Å². The second-order valence-electron chi connectivity index (χ2n) is 3.69. The Morgan fingerprint density at radius 2 is 2.00 bits per heavy atom. The lowest BCUT2D eigenvalue weighted by atomic mass is 10.0. The van der Waals surface area contributed by atoms with Crippen molar-refractivity contribution in [1.29, 1.82) is 0 Å². The van der Waals surface area contributed by atoms with Crippen LogP contribution < -0.4 is 0 Å². The maximum atomic E-state index is 9.91. The van der Waals surface area contributed by atoms with E-state index < -0.39 is 12.2 Å². The number of halogens is 1. The summed E-state index contributed by atoms with van der Waals surface area (Å²) in [5.41, 5.74) is 0.775. The summed E-state index contributed by atoms with van der Waals surface area (Å²) in [6, 6.07) is 7.13. The molecule has 0 unspecified atom stereocenters. The average Bonchev–Trinajstić information content (AvgIpc) is 2.32. The monoisotopic (exact) mass is 258 g/mol. The molecule has 1 aromatic rings. The van der Waals surface area contributed by atoms with Crippen molar-refractivity contribution in [2.24, 2.45) is 0 Å². The predicted molar refractivity (Wildman–Crippen MR) is 63.8 cm³/mol. The van der Waals surface area contributed by atoms with E-state index in [0.29, 0.717) is 11.5 Å². The van der Waals surface area contributed by atoms with Crippen molar-refractivity contribution in [2.45, 2.75) is 25.0 Å². The first kappa shape index (κ1) is 14.0. The van der Waals surface area contributed by atoms with Gasteiger partial charge in [0.25, 0.3) is 6.47 Å². The molecule has 0 amide bonds. The van der Waals surface area contributed by atoms with E-state index in [0.717, 1.165) is 5.56 Å². The Morgan fingerprint density at radius 3 is 2.65 bits per heavy atom. The van der Waals surface area contributed by atoms with Crippen LogP contribution in [0.5, 0.6) is 0 Å². The fraction of sp³-hybridized carbons (Fsp3) is 0.417. The van der Waals surface area contributed by atoms with Crippen LogP contribution in [0.2, 0.25) is 5.02 Å². The van der Waals surface area contributed by atoms with Crippen LogP contribution in [-0.2, 0) is 16.0 Å². The van der Waals surface area contributed by atoms with Crippen LogP contribution in [0, 0.1) is 0 Å². The molecule has 94 valence electrons. The Balaban J connectivity index is 2.45. The lowest BCUT2D eigenvalue weighted by molar-refractivity contribution is -0.129. The Morgan fingerprint density at radius 1 is 1.29 bits per heavy atom. The molecular weight excluding hydrogens is 244 g/mol. The van der Waals surface area contributed by atoms with Gasteiger partial charge >= 0.3 is 0 Å². The van der Waals surface area contributed by atoms with Gasteiger partial charge in [0.05, 0.1) is 18.8 Å². The third-order valence-electron chi connectivity index (χ3n) is 2.43. The van der Waals surface area contributed by atoms with E-state index in [4.69, 9.17) is 11.6 Å². The van der Waals surface area contributed by atoms with Gasteiger partial charge in [-0.2, -0.15) is 0 Å². The minimum Gasteiger partial charge on any atom is -0.468 e. The van der Waals surface area contributed by atoms with Gasteiger partial charge in [0, 0.05) is 17.9 Å². The molecule has 0 heterocycles. The number of hydrogen-bond acceptors (Lipinski definition) is 4. The number of carbonyl (C=O) groups excluding carboxylic acids is 1. The van der Waals surface area contributed by atoms with Crippen molar-refractivity contribution in [3.05, 3.63) is 34.9 Å². The number of carbonyl (C=O) groups is 1. The van der Waals surface area contributed by atoms with Crippen molar-refractivity contribution < 1.29 is 19.7 Å². The van der Waals surface area contributed by atoms with Gasteiger partial charge in [-0.25, -0.2) is 0 Å². The fourth-order valence-corrected chi connectivity index (χ4v) is 1.67. The highest BCUT2D eigenvalue weighted by Gasteiger charge is 2.17. The van der Waals surface area contributed by atoms with Crippen molar-refractivity contribution in [2.75, 3.05) is 6.61 Å². The number of rotatable bonds is 7. The standard InChI is InChI=1S/C12H15ClO4/c13-10-4-2-1-3-9(10)7-12(16)11(15)5-6-17-8-14/h1-4,8,11-12,15-16H,5-7H2/t11-,12-/m1/s1. The zero-order valence-corrected chi connectivity index (χ0v) is 10.0. The molecule has 2 atom stereocenters. The lowest BCUT2D eigenvalue weighted by Gasteiger charge is -2.17. The SMILES string of the molecule is O=COCC[C@@H](O)[C@H](O)Cc1ccccc1Cl. The molecule has 0 radical (unpaired) electrons. The van der Waals surface area contributed by atoms with Crippen molar-refractivity contribution in [3.63, 3.8) is 0 Å². The second-order valence-corrected chi connectivity index (χ2v) is 4.09. The van der Waals surface area contributed by atoms with Crippen LogP contribution in [0.25, 0.3) is 0 Å². The van der Waals surface area contributed by atoms with E-state index >= 15 is 0 Å². The van der Waals surface area contributed by atoms with Crippen LogP contribution in [0.15, 0.2) is 24.3 Å². The van der Waals surface area contributed by atoms with Gasteiger partial charge in [-0.1, -0.05) is 29.8 Å². The lowest BCUT2D eigenvalue weighted by Crippen LogP contribution is -2.29. The van der Waals surface area contributed by atoms with Crippen LogP contribution in [0.3, 0.4) is 0 Å². The molecule has 4 nitrogen and oxygen atoms in total. The molecule has 0 spiro atoms. The summed E-state index contributed by atoms with van der Waals surface area (Å²) in [6.45, 7) is 0.400. The second kappa shape index (κ2) is 7.27. The molecule has 0 fully saturated rings. The van der Waals surface area contributed by atoms with Gasteiger partial charge in [-0.3, -0.25) is 4.79 Å². The first-order valence-corrected chi connectivity index (χ1v) is 5.67. The maximum Gasteiger partial charge on any atom is 0.293 e. The predicted octanol–water partition coefficient (Wildman–Crippen LogP) is 1.17. The van der Waals surface area contributed by atoms with Crippen LogP contribution in [0.4, 0.5) is 0 Å². The summed E-state index contributed by atoms with van der Waals surface area (Å²) >= 11 is 5.94. The normalized spacial score (nSPS) is 14.1. The number of aliphatic hydroxyl groups excluding tert-OH is 2. The van der Waals surface area contributed by atoms with Crippen molar-refractivity contribution in [1.82, 2.24) is 0 Å². The maximum absolute atomic E-state index is 9.91. The molecule has 0 bridgehead atoms. The van der Waals surface area contributed by atoms with Crippen LogP contribution in [0.1, 0.15) is 12.0 Å². The van der Waals surface area contributed by atoms with Gasteiger partial charge < -0.3 is 14.9 Å². The molecule has 5 heteroatoms. The molecule has 1 rings (SSSR count). The third kappa shape index (κ3) is 4.73. The highest BCUT2D eigenvalue weighted by Crippen LogP contribution is 2.18. The van der Waals surface area contributed by atoms with E-state index in [9.17, 15) is 15.0 Å². The first-order chi connectivity index (χ1) is 8.15. The summed E-state index contributed by atoms with van der Waals surface area (Å²) < 4.78 is 4.45. The summed E-state index contributed by atoms with van der Waals surface area (Å²) in [7, 11) is 0. The third-order valence-corrected chi connectivity index (χ3v) is 2.80. The number of benzene rings is 1. The van der Waals surface area contributed by atoms with Crippen molar-refractivity contribution >= 4 is 18.1 Å². The zero-order valence-electron chi connectivity index (χ0n) is 9.25. The fourth-order valence-electron chi connectivity index (χ4n) is 1.45. The van der Waals surface area contributed by atoms with E-state index in [1.165, 1.54) is 0 Å². The number of aliphatic hydroxyl groups is 2. The largest absolute Gasteiger partial charge is 0.468 e. The minimum absolute atomic E-state index is 0.0875. The molecular formula is C12H15ClO4. The number of hydrogen-bond donors (Lipinski definition) is 2. The number of ether oxygens (including phenoxy) is 1. The van der Waals surface area contributed by atoms with Gasteiger partial charge in [0.1, 0.15) is 0 Å². The van der Waals surface area contributed by atoms with E-state index in [1.54, 1.807) is 18.2 Å². The highest BCUT2D eigenvalue weighted by atomic mass is 35.5. The highest BCUT2D eigenvalue weighted by molar-refractivity contribution is 6.31. The zero-order chi connectivity index (χ0) is 12.7. The summed E-state index contributed by atoms with van der Waals surface area (Å²) in [6.07, 6.45) is -1.40. The Labute approximate surface area is 105 Å². The molecule has 0 aromatic heterocycles. The molecule has 0 aliphatic rings. The van der Waals surface area contributed by atoms with Gasteiger partial charge in [0.2, 0.25) is 0 Å². The quantitative estimate of drug-likeness (QED) is 0.569. The van der Waals surface area contributed by atoms with E-state index in [2.05, 4.69) is 4.74 Å². The minimum atomic E-state index is -0.939. The first-order valence-electron chi connectivity index (χ1n) is 5.30. The summed E-state index contributed by atoms with van der Waals surface area (Å²) in [5.74, 6) is 0. The topological polar surface area (TPSA) is 66.8 Å². The molecule has 17 heavy (non-hydrogen) atoms. The Hall–Kier alpha value is -1.10. The van der Waals surface area contributed by atoms with Crippen molar-refractivity contribution in [3.8, 4) is 0 Å². The average molecular weight is 259 g/mol. The Kier molecular flexibility index (Phi) is 5.97. The molecule has 0 aliphatic heterocycles. The van der Waals surface area contributed by atoms with Gasteiger partial charge in [0.15, 0.2) is 0 Å². The van der Waals surface area contributed by atoms with Crippen LogP contribution in [-0.4, -0.2) is 35.5 Å². The van der Waals surface area contributed by atoms with E-state index in [1.807, 2.05) is 6.07 Å². The Bertz CT molecular complexity index is 356. The molecule has 0 saturated heterocycles. The summed E-state index contributed by atoms with van der Waals surface area (Å²) in [5, 5.41) is 19.9. The van der Waals surface area contributed by atoms with Crippen LogP contribution >= 0.6 is 11.6 Å². The van der Waals surface area contributed by atoms with E-state index in [-0.39, 0.29) is 19.4 Å². The molecule has 2 N–H and O–H groups in total. The van der Waals surface area contributed by atoms with Gasteiger partial charge in [-0.05, 0) is 11.6 Å².